The summed E-state index contributed by atoms with van der Waals surface area (Å²) >= 11 is 0. The minimum Gasteiger partial charge on any atom is -0.495 e. The number of ether oxygens (including phenoxy) is 1. The number of benzene rings is 2. The summed E-state index contributed by atoms with van der Waals surface area (Å²) in [5.41, 5.74) is 0.602. The Balaban J connectivity index is 2.85. The van der Waals surface area contributed by atoms with Crippen LogP contribution in [0.25, 0.3) is 10.8 Å². The van der Waals surface area contributed by atoms with Crippen molar-refractivity contribution in [3.63, 3.8) is 0 Å². The Bertz CT molecular complexity index is 511. The van der Waals surface area contributed by atoms with E-state index >= 15 is 0 Å². The highest BCUT2D eigenvalue weighted by Crippen LogP contribution is 2.26. The lowest BCUT2D eigenvalue weighted by atomic mass is 9.92. The maximum atomic E-state index is 9.02. The molecule has 0 bridgehead atoms. The van der Waals surface area contributed by atoms with E-state index in [-0.39, 0.29) is 0 Å². The van der Waals surface area contributed by atoms with E-state index in [1.54, 1.807) is 7.11 Å². The number of hydrogen-bond acceptors (Lipinski definition) is 2. The van der Waals surface area contributed by atoms with E-state index < -0.39 is 0 Å². The van der Waals surface area contributed by atoms with Gasteiger partial charge in [0.15, 0.2) is 0 Å². The van der Waals surface area contributed by atoms with Gasteiger partial charge >= 0.3 is 0 Å². The zero-order chi connectivity index (χ0) is 9.97. The zero-order valence-electron chi connectivity index (χ0n) is 7.82. The summed E-state index contributed by atoms with van der Waals surface area (Å²) in [5, 5.41) is 11.0. The van der Waals surface area contributed by atoms with Crippen LogP contribution in [0.2, 0.25) is 0 Å². The third kappa shape index (κ3) is 1.20. The first-order valence-electron chi connectivity index (χ1n) is 4.32. The minimum atomic E-state index is 0.602. The summed E-state index contributed by atoms with van der Waals surface area (Å²) in [5.74, 6) is 0.631. The molecule has 0 fully saturated rings. The molecule has 0 amide bonds. The molecule has 0 aliphatic carbocycles. The van der Waals surface area contributed by atoms with Gasteiger partial charge in [0.1, 0.15) is 17.4 Å². The molecule has 0 N–H and O–H groups in total. The number of rotatable bonds is 1. The normalized spacial score (nSPS) is 9.71. The van der Waals surface area contributed by atoms with E-state index in [0.717, 1.165) is 10.8 Å². The Morgan fingerprint density at radius 1 is 1.14 bits per heavy atom. The summed E-state index contributed by atoms with van der Waals surface area (Å²) in [6.07, 6.45) is 0. The van der Waals surface area contributed by atoms with Crippen molar-refractivity contribution in [3.8, 4) is 11.8 Å². The molecule has 0 unspecified atom stereocenters. The second kappa shape index (κ2) is 3.39. The van der Waals surface area contributed by atoms with Crippen molar-refractivity contribution >= 4 is 10.8 Å². The topological polar surface area (TPSA) is 33.0 Å². The number of hydrogen-bond donors (Lipinski definition) is 0. The lowest BCUT2D eigenvalue weighted by molar-refractivity contribution is 0.414. The van der Waals surface area contributed by atoms with Crippen molar-refractivity contribution in [2.75, 3.05) is 7.11 Å². The summed E-state index contributed by atoms with van der Waals surface area (Å²) in [6.45, 7) is 0. The molecule has 2 nitrogen and oxygen atoms in total. The molecule has 14 heavy (non-hydrogen) atoms. The molecule has 68 valence electrons. The molecular weight excluding hydrogens is 173 g/mol. The lowest BCUT2D eigenvalue weighted by Crippen LogP contribution is -1.88. The lowest BCUT2D eigenvalue weighted by Gasteiger charge is -2.05. The first kappa shape index (κ1) is 8.58. The van der Waals surface area contributed by atoms with Crippen molar-refractivity contribution in [3.05, 3.63) is 42.0 Å². The van der Waals surface area contributed by atoms with E-state index in [0.29, 0.717) is 11.3 Å². The Labute approximate surface area is 82.3 Å². The van der Waals surface area contributed by atoms with Gasteiger partial charge in [-0.25, -0.2) is 0 Å². The second-order valence-electron chi connectivity index (χ2n) is 2.98. The summed E-state index contributed by atoms with van der Waals surface area (Å²) in [6, 6.07) is 13.7. The van der Waals surface area contributed by atoms with Crippen molar-refractivity contribution in [2.45, 2.75) is 0 Å². The third-order valence-electron chi connectivity index (χ3n) is 2.22. The van der Waals surface area contributed by atoms with Gasteiger partial charge in [0.25, 0.3) is 0 Å². The van der Waals surface area contributed by atoms with Crippen LogP contribution in [0.1, 0.15) is 5.56 Å². The van der Waals surface area contributed by atoms with Crippen LogP contribution in [0.15, 0.2) is 36.4 Å². The molecule has 2 heteroatoms. The maximum Gasteiger partial charge on any atom is 0.137 e. The van der Waals surface area contributed by atoms with Crippen LogP contribution in [0.3, 0.4) is 0 Å². The van der Waals surface area contributed by atoms with Gasteiger partial charge in [0.2, 0.25) is 0 Å². The van der Waals surface area contributed by atoms with Crippen molar-refractivity contribution in [2.24, 2.45) is 0 Å². The van der Waals surface area contributed by atoms with E-state index in [4.69, 9.17) is 10.00 Å². The van der Waals surface area contributed by atoms with Gasteiger partial charge < -0.3 is 4.74 Å². The SMILES string of the molecule is COc1ccc2ccccc2c1[11C]#N. The van der Waals surface area contributed by atoms with Crippen molar-refractivity contribution in [1.29, 1.82) is 5.26 Å². The molecule has 0 spiro atoms. The Morgan fingerprint density at radius 2 is 1.93 bits per heavy atom. The number of nitrogens with zero attached hydrogens (tertiary/aromatic N) is 1. The molecule has 0 atom stereocenters. The highest BCUT2D eigenvalue weighted by Gasteiger charge is 2.05. The summed E-state index contributed by atoms with van der Waals surface area (Å²) < 4.78 is 5.12. The van der Waals surface area contributed by atoms with Gasteiger partial charge in [0, 0.05) is 5.39 Å². The molecule has 0 aliphatic heterocycles. The second-order valence-corrected chi connectivity index (χ2v) is 2.98. The smallest absolute Gasteiger partial charge is 0.137 e. The average Bonchev–Trinajstić information content (AvgIpc) is 2.27. The molecule has 0 aromatic heterocycles. The summed E-state index contributed by atoms with van der Waals surface area (Å²) in [7, 11) is 1.57. The van der Waals surface area contributed by atoms with E-state index in [2.05, 4.69) is 6.07 Å². The molecule has 2 aromatic rings. The highest BCUT2D eigenvalue weighted by molar-refractivity contribution is 5.90. The van der Waals surface area contributed by atoms with Crippen LogP contribution in [-0.4, -0.2) is 7.11 Å². The predicted octanol–water partition coefficient (Wildman–Crippen LogP) is 2.72. The molecule has 0 radical (unpaired) electrons. The molecule has 2 aromatic carbocycles. The number of methoxy groups -OCH3 is 1. The first-order valence-corrected chi connectivity index (χ1v) is 4.32. The Kier molecular flexibility index (Phi) is 2.08. The number of fused-ring (bicyclic) bond motifs is 1. The molecule has 0 saturated carbocycles. The monoisotopic (exact) mass is 182 g/mol. The van der Waals surface area contributed by atoms with Crippen LogP contribution in [0, 0.1) is 11.3 Å². The standard InChI is InChI=1S/C12H9NO/c1-14-12-7-6-9-4-2-3-5-10(9)11(12)8-13/h2-7H,1H3/i8-1. The van der Waals surface area contributed by atoms with Gasteiger partial charge in [-0.05, 0) is 11.5 Å². The fraction of sp³-hybridized carbons (Fsp3) is 0.0833. The van der Waals surface area contributed by atoms with Crippen molar-refractivity contribution in [1.82, 2.24) is 0 Å². The van der Waals surface area contributed by atoms with Gasteiger partial charge in [0.05, 0.1) is 7.11 Å². The minimum absolute atomic E-state index is 0.602. The summed E-state index contributed by atoms with van der Waals surface area (Å²) in [4.78, 5) is 0. The Hall–Kier alpha value is -2.01. The largest absolute Gasteiger partial charge is 0.495 e. The van der Waals surface area contributed by atoms with Gasteiger partial charge in [-0.2, -0.15) is 5.26 Å². The molecule has 0 aliphatic rings. The van der Waals surface area contributed by atoms with Crippen LogP contribution < -0.4 is 4.74 Å². The van der Waals surface area contributed by atoms with Crippen LogP contribution in [-0.2, 0) is 0 Å². The maximum absolute atomic E-state index is 9.02. The fourth-order valence-electron chi connectivity index (χ4n) is 1.54. The van der Waals surface area contributed by atoms with Gasteiger partial charge in [-0.3, -0.25) is 0 Å². The van der Waals surface area contributed by atoms with E-state index in [1.165, 1.54) is 0 Å². The third-order valence-corrected chi connectivity index (χ3v) is 2.22. The predicted molar refractivity (Wildman–Crippen MR) is 55.2 cm³/mol. The Morgan fingerprint density at radius 3 is 2.64 bits per heavy atom. The van der Waals surface area contributed by atoms with Gasteiger partial charge in [-0.1, -0.05) is 30.3 Å². The van der Waals surface area contributed by atoms with Crippen molar-refractivity contribution < 1.29 is 4.74 Å². The molecule has 0 heterocycles. The number of nitriles is 1. The highest BCUT2D eigenvalue weighted by atomic mass is 16.5. The van der Waals surface area contributed by atoms with Gasteiger partial charge in [-0.15, -0.1) is 0 Å². The average molecular weight is 182 g/mol. The van der Waals surface area contributed by atoms with Crippen LogP contribution >= 0.6 is 0 Å². The molecule has 0 saturated heterocycles. The fourth-order valence-corrected chi connectivity index (χ4v) is 1.54. The van der Waals surface area contributed by atoms with E-state index in [1.807, 2.05) is 36.4 Å². The quantitative estimate of drug-likeness (QED) is 0.679. The van der Waals surface area contributed by atoms with E-state index in [9.17, 15) is 0 Å². The molecular formula is C12H9NO. The molecule has 2 rings (SSSR count). The first-order chi connectivity index (χ1) is 6.86. The van der Waals surface area contributed by atoms with Crippen LogP contribution in [0.5, 0.6) is 5.75 Å². The zero-order valence-corrected chi connectivity index (χ0v) is 7.82. The van der Waals surface area contributed by atoms with Crippen LogP contribution in [0.4, 0.5) is 0 Å².